The summed E-state index contributed by atoms with van der Waals surface area (Å²) in [7, 11) is 4.54. The van der Waals surface area contributed by atoms with Crippen LogP contribution in [0.5, 0.6) is 17.2 Å². The van der Waals surface area contributed by atoms with Gasteiger partial charge in [0.2, 0.25) is 11.7 Å². The van der Waals surface area contributed by atoms with E-state index < -0.39 is 0 Å². The van der Waals surface area contributed by atoms with E-state index in [9.17, 15) is 0 Å². The Hall–Kier alpha value is -3.77. The molecule has 0 unspecified atom stereocenters. The number of guanidine groups is 2. The highest BCUT2D eigenvalue weighted by atomic mass is 16.5. The Kier molecular flexibility index (Phi) is 6.57. The van der Waals surface area contributed by atoms with Crippen molar-refractivity contribution in [2.24, 2.45) is 21.5 Å². The molecule has 0 radical (unpaired) electrons. The van der Waals surface area contributed by atoms with Crippen LogP contribution >= 0.6 is 0 Å². The summed E-state index contributed by atoms with van der Waals surface area (Å²) in [5, 5.41) is 10.4. The van der Waals surface area contributed by atoms with Crippen molar-refractivity contribution in [3.05, 3.63) is 42.0 Å². The molecule has 9 heteroatoms. The molecule has 0 saturated heterocycles. The van der Waals surface area contributed by atoms with E-state index in [-0.39, 0.29) is 11.9 Å². The van der Waals surface area contributed by atoms with Crippen LogP contribution in [0.3, 0.4) is 0 Å². The largest absolute Gasteiger partial charge is 0.493 e. The number of quaternary nitrogens is 1. The second-order valence-corrected chi connectivity index (χ2v) is 5.27. The summed E-state index contributed by atoms with van der Waals surface area (Å²) in [6.07, 6.45) is 0. The zero-order valence-corrected chi connectivity index (χ0v) is 15.3. The molecule has 0 spiro atoms. The Morgan fingerprint density at radius 1 is 1.00 bits per heavy atom. The molecule has 0 amide bonds. The van der Waals surface area contributed by atoms with Gasteiger partial charge in [0.15, 0.2) is 11.5 Å². The fourth-order valence-electron chi connectivity index (χ4n) is 2.28. The number of benzene rings is 2. The topological polar surface area (TPSA) is 145 Å². The monoisotopic (exact) mass is 369 g/mol. The number of nitriles is 1. The van der Waals surface area contributed by atoms with Crippen LogP contribution in [-0.4, -0.2) is 33.2 Å². The first-order chi connectivity index (χ1) is 13.0. The second kappa shape index (κ2) is 9.07. The molecule has 6 N–H and O–H groups in total. The fourth-order valence-corrected chi connectivity index (χ4v) is 2.28. The molecule has 0 aliphatic rings. The van der Waals surface area contributed by atoms with Crippen LogP contribution in [0, 0.1) is 11.3 Å². The lowest BCUT2D eigenvalue weighted by molar-refractivity contribution is -0.445. The summed E-state index contributed by atoms with van der Waals surface area (Å²) in [6, 6.07) is 12.2. The van der Waals surface area contributed by atoms with E-state index in [0.717, 1.165) is 5.69 Å². The smallest absolute Gasteiger partial charge is 0.304 e. The summed E-state index contributed by atoms with van der Waals surface area (Å²) < 4.78 is 15.8. The van der Waals surface area contributed by atoms with Crippen molar-refractivity contribution in [3.63, 3.8) is 0 Å². The molecule has 2 aromatic carbocycles. The van der Waals surface area contributed by atoms with Crippen LogP contribution < -0.4 is 31.0 Å². The van der Waals surface area contributed by atoms with Gasteiger partial charge in [0, 0.05) is 24.3 Å². The van der Waals surface area contributed by atoms with Crippen molar-refractivity contribution in [2.45, 2.75) is 0 Å². The Labute approximate surface area is 156 Å². The highest BCUT2D eigenvalue weighted by Crippen LogP contribution is 2.40. The Morgan fingerprint density at radius 3 is 2.07 bits per heavy atom. The molecule has 0 fully saturated rings. The highest BCUT2D eigenvalue weighted by molar-refractivity contribution is 5.91. The minimum Gasteiger partial charge on any atom is -0.493 e. The Bertz CT molecular complexity index is 875. The molecule has 0 atom stereocenters. The molecule has 140 valence electrons. The van der Waals surface area contributed by atoms with Crippen molar-refractivity contribution >= 4 is 23.3 Å². The Morgan fingerprint density at radius 2 is 1.59 bits per heavy atom. The maximum atomic E-state index is 8.81. The number of ether oxygens (including phenoxy) is 3. The number of rotatable bonds is 5. The van der Waals surface area contributed by atoms with Crippen molar-refractivity contribution in [1.29, 1.82) is 5.26 Å². The summed E-state index contributed by atoms with van der Waals surface area (Å²) in [4.78, 5) is 8.26. The SMILES string of the molecule is COc1cc(N=C(N)N=C(N)[NH2+]c2ccc(C#N)cc2)cc(OC)c1OC. The number of nitrogens with zero attached hydrogens (tertiary/aromatic N) is 3. The van der Waals surface area contributed by atoms with Gasteiger partial charge < -0.3 is 25.7 Å². The molecule has 0 aliphatic carbocycles. The number of hydrogen-bond acceptors (Lipinski definition) is 5. The Balaban J connectivity index is 2.22. The number of nitrogens with two attached hydrogens (primary N) is 3. The maximum absolute atomic E-state index is 8.81. The van der Waals surface area contributed by atoms with Crippen LogP contribution in [0.15, 0.2) is 46.4 Å². The fraction of sp³-hybridized carbons (Fsp3) is 0.167. The molecule has 0 bridgehead atoms. The third-order valence-electron chi connectivity index (χ3n) is 3.49. The molecular formula is C18H21N6O3+. The quantitative estimate of drug-likeness (QED) is 0.403. The van der Waals surface area contributed by atoms with Crippen LogP contribution in [0.1, 0.15) is 5.56 Å². The number of aliphatic imine (C=N–C) groups is 2. The predicted molar refractivity (Wildman–Crippen MR) is 102 cm³/mol. The summed E-state index contributed by atoms with van der Waals surface area (Å²) in [5.74, 6) is 1.49. The van der Waals surface area contributed by atoms with Crippen molar-refractivity contribution < 1.29 is 19.5 Å². The molecule has 27 heavy (non-hydrogen) atoms. The van der Waals surface area contributed by atoms with Gasteiger partial charge in [0.1, 0.15) is 5.69 Å². The normalized spacial score (nSPS) is 11.6. The van der Waals surface area contributed by atoms with Crippen molar-refractivity contribution in [1.82, 2.24) is 0 Å². The van der Waals surface area contributed by atoms with Gasteiger partial charge in [0.25, 0.3) is 0 Å². The van der Waals surface area contributed by atoms with E-state index in [2.05, 4.69) is 9.98 Å². The first kappa shape index (κ1) is 19.6. The summed E-state index contributed by atoms with van der Waals surface area (Å²) in [6.45, 7) is 0. The lowest BCUT2D eigenvalue weighted by Gasteiger charge is -2.12. The first-order valence-corrected chi connectivity index (χ1v) is 7.84. The standard InChI is InChI=1S/C18H20N6O3/c1-25-14-8-13(9-15(26-2)16(14)27-3)23-18(21)24-17(20)22-12-6-4-11(10-19)5-7-12/h4-9H,1-3H3,(H5,20,21,22,23,24)/p+1. The van der Waals surface area contributed by atoms with Gasteiger partial charge in [-0.05, 0) is 12.1 Å². The highest BCUT2D eigenvalue weighted by Gasteiger charge is 2.13. The third-order valence-corrected chi connectivity index (χ3v) is 3.49. The molecule has 2 rings (SSSR count). The zero-order chi connectivity index (χ0) is 19.8. The molecule has 0 aromatic heterocycles. The second-order valence-electron chi connectivity index (χ2n) is 5.27. The predicted octanol–water partition coefficient (Wildman–Crippen LogP) is 0.740. The zero-order valence-electron chi connectivity index (χ0n) is 15.3. The average molecular weight is 369 g/mol. The van der Waals surface area contributed by atoms with Gasteiger partial charge in [-0.1, -0.05) is 0 Å². The van der Waals surface area contributed by atoms with E-state index in [1.165, 1.54) is 21.3 Å². The van der Waals surface area contributed by atoms with Crippen LogP contribution in [0.4, 0.5) is 11.4 Å². The molecule has 0 aliphatic heterocycles. The van der Waals surface area contributed by atoms with E-state index in [0.29, 0.717) is 28.5 Å². The first-order valence-electron chi connectivity index (χ1n) is 7.84. The molecule has 0 saturated carbocycles. The summed E-state index contributed by atoms with van der Waals surface area (Å²) in [5.41, 5.74) is 13.6. The van der Waals surface area contributed by atoms with Crippen molar-refractivity contribution in [3.8, 4) is 23.3 Å². The lowest BCUT2D eigenvalue weighted by Crippen LogP contribution is -2.85. The van der Waals surface area contributed by atoms with Gasteiger partial charge in [0.05, 0.1) is 38.6 Å². The molecule has 9 nitrogen and oxygen atoms in total. The van der Waals surface area contributed by atoms with Gasteiger partial charge in [-0.15, -0.1) is 4.99 Å². The van der Waals surface area contributed by atoms with E-state index >= 15 is 0 Å². The maximum Gasteiger partial charge on any atom is 0.304 e. The molecule has 2 aromatic rings. The number of methoxy groups -OCH3 is 3. The molecule has 0 heterocycles. The third kappa shape index (κ3) is 5.10. The lowest BCUT2D eigenvalue weighted by atomic mass is 10.2. The van der Waals surface area contributed by atoms with Crippen LogP contribution in [0.2, 0.25) is 0 Å². The van der Waals surface area contributed by atoms with Crippen LogP contribution in [0.25, 0.3) is 0 Å². The average Bonchev–Trinajstić information content (AvgIpc) is 2.67. The minimum absolute atomic E-state index is 0.0355. The van der Waals surface area contributed by atoms with Gasteiger partial charge in [-0.25, -0.2) is 10.3 Å². The minimum atomic E-state index is -0.0355. The van der Waals surface area contributed by atoms with Gasteiger partial charge in [-0.3, -0.25) is 0 Å². The number of hydrogen-bond donors (Lipinski definition) is 3. The van der Waals surface area contributed by atoms with Gasteiger partial charge >= 0.3 is 5.96 Å². The van der Waals surface area contributed by atoms with Crippen LogP contribution in [-0.2, 0) is 0 Å². The molecular weight excluding hydrogens is 348 g/mol. The van der Waals surface area contributed by atoms with E-state index in [1.54, 1.807) is 41.7 Å². The van der Waals surface area contributed by atoms with Crippen molar-refractivity contribution in [2.75, 3.05) is 21.3 Å². The van der Waals surface area contributed by atoms with E-state index in [1.807, 2.05) is 6.07 Å². The summed E-state index contributed by atoms with van der Waals surface area (Å²) >= 11 is 0. The van der Waals surface area contributed by atoms with Gasteiger partial charge in [-0.2, -0.15) is 5.26 Å². The van der Waals surface area contributed by atoms with E-state index in [4.69, 9.17) is 30.9 Å².